The zero-order valence-electron chi connectivity index (χ0n) is 15.8. The SMILES string of the molecule is Cc1sc2nc(CSC(C)C(=O)Nc3nc4ccc(F)cc4s3)[nH]c(=O)c2c1C. The van der Waals surface area contributed by atoms with Crippen molar-refractivity contribution in [2.24, 2.45) is 0 Å². The van der Waals surface area contributed by atoms with Crippen LogP contribution in [-0.2, 0) is 10.5 Å². The topological polar surface area (TPSA) is 87.7 Å². The average molecular weight is 449 g/mol. The first-order valence-corrected chi connectivity index (χ1v) is 11.5. The summed E-state index contributed by atoms with van der Waals surface area (Å²) in [6.07, 6.45) is 0. The lowest BCUT2D eigenvalue weighted by atomic mass is 10.2. The maximum atomic E-state index is 13.3. The summed E-state index contributed by atoms with van der Waals surface area (Å²) in [6, 6.07) is 4.32. The molecule has 4 rings (SSSR count). The quantitative estimate of drug-likeness (QED) is 0.465. The van der Waals surface area contributed by atoms with Gasteiger partial charge in [0.1, 0.15) is 16.5 Å². The number of fused-ring (bicyclic) bond motifs is 2. The van der Waals surface area contributed by atoms with Gasteiger partial charge < -0.3 is 10.3 Å². The first-order chi connectivity index (χ1) is 13.8. The number of amides is 1. The Bertz CT molecular complexity index is 1290. The molecule has 4 aromatic rings. The van der Waals surface area contributed by atoms with E-state index in [0.717, 1.165) is 15.3 Å². The van der Waals surface area contributed by atoms with Gasteiger partial charge in [-0.1, -0.05) is 11.3 Å². The van der Waals surface area contributed by atoms with E-state index in [0.29, 0.717) is 32.3 Å². The third-order valence-corrected chi connectivity index (χ3v) is 7.70. The Morgan fingerprint density at radius 3 is 2.90 bits per heavy atom. The average Bonchev–Trinajstić information content (AvgIpc) is 3.19. The summed E-state index contributed by atoms with van der Waals surface area (Å²) in [7, 11) is 0. The lowest BCUT2D eigenvalue weighted by Crippen LogP contribution is -2.22. The van der Waals surface area contributed by atoms with Gasteiger partial charge in [0, 0.05) is 4.88 Å². The predicted molar refractivity (Wildman–Crippen MR) is 119 cm³/mol. The molecule has 0 fully saturated rings. The van der Waals surface area contributed by atoms with Crippen molar-refractivity contribution in [3.8, 4) is 0 Å². The number of aryl methyl sites for hydroxylation is 2. The molecule has 0 spiro atoms. The Kier molecular flexibility index (Phi) is 5.41. The highest BCUT2D eigenvalue weighted by atomic mass is 32.2. The van der Waals surface area contributed by atoms with Gasteiger partial charge in [-0.25, -0.2) is 14.4 Å². The normalized spacial score (nSPS) is 12.6. The number of thioether (sulfide) groups is 1. The Hall–Kier alpha value is -2.30. The van der Waals surface area contributed by atoms with Crippen LogP contribution < -0.4 is 10.9 Å². The zero-order valence-corrected chi connectivity index (χ0v) is 18.3. The Morgan fingerprint density at radius 1 is 1.31 bits per heavy atom. The van der Waals surface area contributed by atoms with Crippen molar-refractivity contribution in [3.63, 3.8) is 0 Å². The molecule has 0 aliphatic carbocycles. The molecule has 1 amide bonds. The van der Waals surface area contributed by atoms with E-state index in [4.69, 9.17) is 0 Å². The monoisotopic (exact) mass is 448 g/mol. The van der Waals surface area contributed by atoms with Crippen molar-refractivity contribution in [2.75, 3.05) is 5.32 Å². The smallest absolute Gasteiger partial charge is 0.259 e. The minimum Gasteiger partial charge on any atom is -0.309 e. The third-order valence-electron chi connectivity index (χ3n) is 4.51. The molecule has 0 aliphatic heterocycles. The van der Waals surface area contributed by atoms with E-state index in [1.807, 2.05) is 13.8 Å². The van der Waals surface area contributed by atoms with Crippen LogP contribution in [0.15, 0.2) is 23.0 Å². The highest BCUT2D eigenvalue weighted by Gasteiger charge is 2.18. The second-order valence-corrected chi connectivity index (χ2v) is 10.1. The van der Waals surface area contributed by atoms with Crippen LogP contribution in [0.5, 0.6) is 0 Å². The van der Waals surface area contributed by atoms with E-state index >= 15 is 0 Å². The fourth-order valence-corrected chi connectivity index (χ4v) is 5.50. The van der Waals surface area contributed by atoms with Crippen LogP contribution in [0.2, 0.25) is 0 Å². The Morgan fingerprint density at radius 2 is 2.10 bits per heavy atom. The summed E-state index contributed by atoms with van der Waals surface area (Å²) in [5.74, 6) is 0.406. The van der Waals surface area contributed by atoms with Gasteiger partial charge in [0.15, 0.2) is 5.13 Å². The predicted octanol–water partition coefficient (Wildman–Crippen LogP) is 4.61. The van der Waals surface area contributed by atoms with Gasteiger partial charge in [-0.15, -0.1) is 23.1 Å². The largest absolute Gasteiger partial charge is 0.309 e. The standard InChI is InChI=1S/C19H17FN4O2S3/c1-8-9(2)28-18-15(8)17(26)22-14(23-18)7-27-10(3)16(25)24-19-21-12-5-4-11(20)6-13(12)29-19/h4-6,10H,7H2,1-3H3,(H,21,24,25)(H,22,23,26). The summed E-state index contributed by atoms with van der Waals surface area (Å²) in [5.41, 5.74) is 1.45. The van der Waals surface area contributed by atoms with Crippen molar-refractivity contribution in [1.82, 2.24) is 15.0 Å². The van der Waals surface area contributed by atoms with Gasteiger partial charge in [0.2, 0.25) is 5.91 Å². The number of thiophene rings is 1. The van der Waals surface area contributed by atoms with Gasteiger partial charge in [-0.3, -0.25) is 9.59 Å². The molecule has 0 aliphatic rings. The lowest BCUT2D eigenvalue weighted by Gasteiger charge is -2.10. The molecule has 1 unspecified atom stereocenters. The van der Waals surface area contributed by atoms with Crippen LogP contribution in [-0.4, -0.2) is 26.1 Å². The van der Waals surface area contributed by atoms with Crippen molar-refractivity contribution in [2.45, 2.75) is 31.8 Å². The number of benzene rings is 1. The van der Waals surface area contributed by atoms with Crippen LogP contribution in [0.4, 0.5) is 9.52 Å². The summed E-state index contributed by atoms with van der Waals surface area (Å²) >= 11 is 4.10. The van der Waals surface area contributed by atoms with Crippen LogP contribution in [0.25, 0.3) is 20.4 Å². The Balaban J connectivity index is 1.43. The van der Waals surface area contributed by atoms with Gasteiger partial charge >= 0.3 is 0 Å². The van der Waals surface area contributed by atoms with E-state index in [1.165, 1.54) is 46.6 Å². The first kappa shape index (κ1) is 20.0. The molecule has 1 atom stereocenters. The number of nitrogens with one attached hydrogen (secondary N) is 2. The molecule has 0 bridgehead atoms. The van der Waals surface area contributed by atoms with Gasteiger partial charge in [0.05, 0.1) is 26.6 Å². The van der Waals surface area contributed by atoms with Crippen LogP contribution in [0.1, 0.15) is 23.2 Å². The number of aromatic amines is 1. The number of carbonyl (C=O) groups excluding carboxylic acids is 1. The number of H-pyrrole nitrogens is 1. The maximum Gasteiger partial charge on any atom is 0.259 e. The number of anilines is 1. The number of hydrogen-bond donors (Lipinski definition) is 2. The van der Waals surface area contributed by atoms with Crippen molar-refractivity contribution in [1.29, 1.82) is 0 Å². The van der Waals surface area contributed by atoms with Crippen molar-refractivity contribution < 1.29 is 9.18 Å². The molecule has 0 saturated carbocycles. The van der Waals surface area contributed by atoms with Crippen LogP contribution in [0, 0.1) is 19.7 Å². The fourth-order valence-electron chi connectivity index (χ4n) is 2.81. The van der Waals surface area contributed by atoms with Crippen LogP contribution >= 0.6 is 34.4 Å². The van der Waals surface area contributed by atoms with E-state index in [9.17, 15) is 14.0 Å². The van der Waals surface area contributed by atoms with Gasteiger partial charge in [-0.2, -0.15) is 0 Å². The number of thiazole rings is 1. The Labute approximate surface area is 177 Å². The number of carbonyl (C=O) groups is 1. The number of aromatic nitrogens is 3. The lowest BCUT2D eigenvalue weighted by molar-refractivity contribution is -0.115. The second-order valence-electron chi connectivity index (χ2n) is 6.55. The van der Waals surface area contributed by atoms with Gasteiger partial charge in [0.25, 0.3) is 5.56 Å². The molecule has 2 N–H and O–H groups in total. The minimum atomic E-state index is -0.383. The van der Waals surface area contributed by atoms with Crippen molar-refractivity contribution >= 4 is 65.9 Å². The number of nitrogens with zero attached hydrogens (tertiary/aromatic N) is 2. The molecule has 29 heavy (non-hydrogen) atoms. The zero-order chi connectivity index (χ0) is 20.7. The van der Waals surface area contributed by atoms with Gasteiger partial charge in [-0.05, 0) is 44.5 Å². The number of hydrogen-bond acceptors (Lipinski definition) is 7. The van der Waals surface area contributed by atoms with Crippen LogP contribution in [0.3, 0.4) is 0 Å². The van der Waals surface area contributed by atoms with E-state index in [-0.39, 0.29) is 22.5 Å². The highest BCUT2D eigenvalue weighted by molar-refractivity contribution is 7.99. The summed E-state index contributed by atoms with van der Waals surface area (Å²) < 4.78 is 14.0. The van der Waals surface area contributed by atoms with E-state index in [2.05, 4.69) is 20.3 Å². The highest BCUT2D eigenvalue weighted by Crippen LogP contribution is 2.28. The van der Waals surface area contributed by atoms with E-state index < -0.39 is 0 Å². The molecule has 3 aromatic heterocycles. The molecular formula is C19H17FN4O2S3. The number of rotatable bonds is 5. The number of halogens is 1. The fraction of sp³-hybridized carbons (Fsp3) is 0.263. The molecule has 6 nitrogen and oxygen atoms in total. The molecule has 3 heterocycles. The van der Waals surface area contributed by atoms with E-state index in [1.54, 1.807) is 13.0 Å². The molecule has 0 saturated heterocycles. The second kappa shape index (κ2) is 7.85. The minimum absolute atomic E-state index is 0.147. The summed E-state index contributed by atoms with van der Waals surface area (Å²) in [4.78, 5) is 38.3. The molecule has 150 valence electrons. The van der Waals surface area contributed by atoms with Crippen molar-refractivity contribution in [3.05, 3.63) is 50.6 Å². The summed E-state index contributed by atoms with van der Waals surface area (Å²) in [5, 5.41) is 3.46. The molecular weight excluding hydrogens is 431 g/mol. The first-order valence-electron chi connectivity index (χ1n) is 8.79. The molecule has 10 heteroatoms. The maximum absolute atomic E-state index is 13.3. The molecule has 0 radical (unpaired) electrons. The summed E-state index contributed by atoms with van der Waals surface area (Å²) in [6.45, 7) is 5.67. The third kappa shape index (κ3) is 4.05. The molecule has 1 aromatic carbocycles.